The number of nitrogens with zero attached hydrogens (tertiary/aromatic N) is 3. The lowest BCUT2D eigenvalue weighted by atomic mass is 10.1. The maximum absolute atomic E-state index is 12.1. The van der Waals surface area contributed by atoms with Crippen molar-refractivity contribution in [3.05, 3.63) is 18.0 Å². The van der Waals surface area contributed by atoms with Crippen LogP contribution in [0.15, 0.2) is 12.3 Å². The number of hydrogen-bond acceptors (Lipinski definition) is 2. The van der Waals surface area contributed by atoms with Crippen molar-refractivity contribution in [3.63, 3.8) is 0 Å². The molecule has 1 saturated heterocycles. The standard InChI is InChI=1S/C11H16ClN3O/c1-14-10(3-6-13-14)11(16)15-7-4-9(8-15)2-5-12/h3,6,9H,2,4-5,7-8H2,1H3. The summed E-state index contributed by atoms with van der Waals surface area (Å²) in [5.41, 5.74) is 0.659. The first-order valence-electron chi connectivity index (χ1n) is 5.55. The van der Waals surface area contributed by atoms with E-state index in [0.29, 0.717) is 17.5 Å². The van der Waals surface area contributed by atoms with Gasteiger partial charge in [-0.1, -0.05) is 0 Å². The number of halogens is 1. The fourth-order valence-electron chi connectivity index (χ4n) is 2.15. The van der Waals surface area contributed by atoms with E-state index in [-0.39, 0.29) is 5.91 Å². The summed E-state index contributed by atoms with van der Waals surface area (Å²) in [5, 5.41) is 4.01. The van der Waals surface area contributed by atoms with Crippen molar-refractivity contribution in [2.45, 2.75) is 12.8 Å². The zero-order chi connectivity index (χ0) is 11.5. The molecule has 1 atom stereocenters. The molecule has 1 amide bonds. The van der Waals surface area contributed by atoms with Gasteiger partial charge in [-0.25, -0.2) is 0 Å². The monoisotopic (exact) mass is 241 g/mol. The van der Waals surface area contributed by atoms with Gasteiger partial charge < -0.3 is 4.90 Å². The van der Waals surface area contributed by atoms with E-state index in [2.05, 4.69) is 5.10 Å². The highest BCUT2D eigenvalue weighted by Gasteiger charge is 2.27. The van der Waals surface area contributed by atoms with E-state index in [9.17, 15) is 4.79 Å². The van der Waals surface area contributed by atoms with Gasteiger partial charge in [0.15, 0.2) is 0 Å². The van der Waals surface area contributed by atoms with Crippen LogP contribution in [0.3, 0.4) is 0 Å². The molecule has 16 heavy (non-hydrogen) atoms. The molecule has 5 heteroatoms. The molecule has 0 aliphatic carbocycles. The maximum Gasteiger partial charge on any atom is 0.272 e. The number of aryl methyl sites for hydroxylation is 1. The first-order chi connectivity index (χ1) is 7.72. The van der Waals surface area contributed by atoms with Crippen molar-refractivity contribution in [3.8, 4) is 0 Å². The number of carbonyl (C=O) groups is 1. The Balaban J connectivity index is 2.00. The number of carbonyl (C=O) groups excluding carboxylic acids is 1. The Morgan fingerprint density at radius 1 is 1.69 bits per heavy atom. The Kier molecular flexibility index (Phi) is 3.49. The molecule has 2 rings (SSSR count). The van der Waals surface area contributed by atoms with E-state index >= 15 is 0 Å². The Morgan fingerprint density at radius 3 is 3.12 bits per heavy atom. The third-order valence-corrected chi connectivity index (χ3v) is 3.35. The van der Waals surface area contributed by atoms with Gasteiger partial charge in [0.05, 0.1) is 0 Å². The zero-order valence-corrected chi connectivity index (χ0v) is 10.2. The van der Waals surface area contributed by atoms with Gasteiger partial charge in [0, 0.05) is 32.2 Å². The molecule has 0 N–H and O–H groups in total. The molecular weight excluding hydrogens is 226 g/mol. The largest absolute Gasteiger partial charge is 0.337 e. The molecule has 1 aliphatic rings. The molecule has 1 fully saturated rings. The van der Waals surface area contributed by atoms with Gasteiger partial charge in [-0.05, 0) is 24.8 Å². The second kappa shape index (κ2) is 4.87. The average Bonchev–Trinajstić information content (AvgIpc) is 2.87. The highest BCUT2D eigenvalue weighted by molar-refractivity contribution is 6.17. The molecular formula is C11H16ClN3O. The van der Waals surface area contributed by atoms with Gasteiger partial charge in [-0.15, -0.1) is 11.6 Å². The van der Waals surface area contributed by atoms with Crippen molar-refractivity contribution in [2.24, 2.45) is 13.0 Å². The Bertz CT molecular complexity index is 377. The molecule has 1 unspecified atom stereocenters. The summed E-state index contributed by atoms with van der Waals surface area (Å²) in [6.07, 6.45) is 3.71. The van der Waals surface area contributed by atoms with Gasteiger partial charge in [-0.3, -0.25) is 9.48 Å². The fraction of sp³-hybridized carbons (Fsp3) is 0.636. The van der Waals surface area contributed by atoms with Crippen molar-refractivity contribution in [2.75, 3.05) is 19.0 Å². The van der Waals surface area contributed by atoms with Crippen LogP contribution in [0.4, 0.5) is 0 Å². The summed E-state index contributed by atoms with van der Waals surface area (Å²) in [6.45, 7) is 1.67. The average molecular weight is 242 g/mol. The Morgan fingerprint density at radius 2 is 2.50 bits per heavy atom. The molecule has 1 aromatic heterocycles. The van der Waals surface area contributed by atoms with Gasteiger partial charge >= 0.3 is 0 Å². The van der Waals surface area contributed by atoms with Gasteiger partial charge in [0.25, 0.3) is 5.91 Å². The molecule has 2 heterocycles. The lowest BCUT2D eigenvalue weighted by Gasteiger charge is -2.16. The van der Waals surface area contributed by atoms with Crippen LogP contribution in [-0.4, -0.2) is 39.6 Å². The first-order valence-corrected chi connectivity index (χ1v) is 6.09. The predicted molar refractivity (Wildman–Crippen MR) is 62.6 cm³/mol. The van der Waals surface area contributed by atoms with E-state index < -0.39 is 0 Å². The molecule has 1 aliphatic heterocycles. The normalized spacial score (nSPS) is 20.4. The van der Waals surface area contributed by atoms with Gasteiger partial charge in [-0.2, -0.15) is 5.10 Å². The number of hydrogen-bond donors (Lipinski definition) is 0. The van der Waals surface area contributed by atoms with E-state index in [4.69, 9.17) is 11.6 Å². The van der Waals surface area contributed by atoms with Gasteiger partial charge in [0.2, 0.25) is 0 Å². The topological polar surface area (TPSA) is 38.1 Å². The third-order valence-electron chi connectivity index (χ3n) is 3.13. The number of aromatic nitrogens is 2. The molecule has 4 nitrogen and oxygen atoms in total. The van der Waals surface area contributed by atoms with Crippen LogP contribution in [0.2, 0.25) is 0 Å². The number of alkyl halides is 1. The van der Waals surface area contributed by atoms with Crippen molar-refractivity contribution < 1.29 is 4.79 Å². The highest BCUT2D eigenvalue weighted by Crippen LogP contribution is 2.21. The molecule has 0 saturated carbocycles. The summed E-state index contributed by atoms with van der Waals surface area (Å²) in [4.78, 5) is 14.0. The lowest BCUT2D eigenvalue weighted by Crippen LogP contribution is -2.30. The minimum atomic E-state index is 0.0806. The van der Waals surface area contributed by atoms with Crippen LogP contribution in [0, 0.1) is 5.92 Å². The lowest BCUT2D eigenvalue weighted by molar-refractivity contribution is 0.0776. The quantitative estimate of drug-likeness (QED) is 0.753. The van der Waals surface area contributed by atoms with Crippen LogP contribution >= 0.6 is 11.6 Å². The fourth-order valence-corrected chi connectivity index (χ4v) is 2.46. The second-order valence-corrected chi connectivity index (χ2v) is 4.60. The molecule has 0 bridgehead atoms. The third kappa shape index (κ3) is 2.21. The number of likely N-dealkylation sites (tertiary alicyclic amines) is 1. The van der Waals surface area contributed by atoms with E-state index in [0.717, 1.165) is 25.9 Å². The SMILES string of the molecule is Cn1nccc1C(=O)N1CCC(CCCl)C1. The van der Waals surface area contributed by atoms with Crippen LogP contribution < -0.4 is 0 Å². The van der Waals surface area contributed by atoms with Crippen LogP contribution in [0.5, 0.6) is 0 Å². The second-order valence-electron chi connectivity index (χ2n) is 4.22. The molecule has 0 spiro atoms. The maximum atomic E-state index is 12.1. The summed E-state index contributed by atoms with van der Waals surface area (Å²) in [5.74, 6) is 1.32. The molecule has 0 aromatic carbocycles. The Hall–Kier alpha value is -1.03. The van der Waals surface area contributed by atoms with E-state index in [1.807, 2.05) is 4.90 Å². The molecule has 1 aromatic rings. The van der Waals surface area contributed by atoms with Crippen LogP contribution in [0.1, 0.15) is 23.3 Å². The number of amides is 1. The smallest absolute Gasteiger partial charge is 0.272 e. The minimum absolute atomic E-state index is 0.0806. The summed E-state index contributed by atoms with van der Waals surface area (Å²) in [6, 6.07) is 1.76. The number of rotatable bonds is 3. The van der Waals surface area contributed by atoms with E-state index in [1.54, 1.807) is 24.0 Å². The molecule has 88 valence electrons. The summed E-state index contributed by atoms with van der Waals surface area (Å²) < 4.78 is 1.62. The van der Waals surface area contributed by atoms with Crippen LogP contribution in [0.25, 0.3) is 0 Å². The minimum Gasteiger partial charge on any atom is -0.337 e. The summed E-state index contributed by atoms with van der Waals surface area (Å²) >= 11 is 5.72. The van der Waals surface area contributed by atoms with Crippen molar-refractivity contribution in [1.29, 1.82) is 0 Å². The van der Waals surface area contributed by atoms with Crippen LogP contribution in [-0.2, 0) is 7.05 Å². The zero-order valence-electron chi connectivity index (χ0n) is 9.40. The summed E-state index contributed by atoms with van der Waals surface area (Å²) in [7, 11) is 1.79. The highest BCUT2D eigenvalue weighted by atomic mass is 35.5. The predicted octanol–water partition coefficient (Wildman–Crippen LogP) is 1.51. The molecule has 0 radical (unpaired) electrons. The Labute approximate surface area is 100 Å². The first kappa shape index (κ1) is 11.5. The van der Waals surface area contributed by atoms with Crippen molar-refractivity contribution in [1.82, 2.24) is 14.7 Å². The van der Waals surface area contributed by atoms with Crippen molar-refractivity contribution >= 4 is 17.5 Å². The van der Waals surface area contributed by atoms with E-state index in [1.165, 1.54) is 0 Å². The van der Waals surface area contributed by atoms with Gasteiger partial charge in [0.1, 0.15) is 5.69 Å².